The molecule has 0 spiro atoms. The standard InChI is InChI=1S/C33H37Si2.2ClH.Zr/c1-22-13-9-11-15-26(22)30-18-24-17-25-19-31(27-16-12-10-14-23(27)2)33(35(6,7)8)21-29(25)28(24)20-32(30)34(3,4)5;;;/h9-16,18,20-21H,17H2,1-8H3;2*1H;/q-1;;;+3/p-2. The molecule has 38 heavy (non-hydrogen) atoms. The van der Waals surface area contributed by atoms with Crippen molar-refractivity contribution in [3.8, 4) is 33.4 Å². The van der Waals surface area contributed by atoms with E-state index in [9.17, 15) is 0 Å². The van der Waals surface area contributed by atoms with E-state index in [0.717, 1.165) is 6.42 Å². The van der Waals surface area contributed by atoms with Gasteiger partial charge >= 0.3 is 26.2 Å². The maximum atomic E-state index is 3.98. The van der Waals surface area contributed by atoms with Gasteiger partial charge in [0.05, 0.1) is 8.07 Å². The van der Waals surface area contributed by atoms with Crippen LogP contribution in [-0.2, 0) is 32.6 Å². The van der Waals surface area contributed by atoms with E-state index in [1.54, 1.807) is 5.19 Å². The number of hydrogen-bond acceptors (Lipinski definition) is 0. The van der Waals surface area contributed by atoms with Crippen LogP contribution in [0.3, 0.4) is 0 Å². The second-order valence-corrected chi connectivity index (χ2v) is 22.4. The fourth-order valence-electron chi connectivity index (χ4n) is 5.58. The van der Waals surface area contributed by atoms with Gasteiger partial charge in [0.2, 0.25) is 0 Å². The van der Waals surface area contributed by atoms with Gasteiger partial charge in [-0.2, -0.15) is 0 Å². The zero-order valence-electron chi connectivity index (χ0n) is 23.8. The van der Waals surface area contributed by atoms with E-state index in [4.69, 9.17) is 0 Å². The molecule has 0 bridgehead atoms. The van der Waals surface area contributed by atoms with Crippen molar-refractivity contribution in [2.24, 2.45) is 0 Å². The first-order valence-corrected chi connectivity index (χ1v) is 19.8. The van der Waals surface area contributed by atoms with Gasteiger partial charge in [0.25, 0.3) is 0 Å². The van der Waals surface area contributed by atoms with Crippen LogP contribution in [0.4, 0.5) is 0 Å². The van der Waals surface area contributed by atoms with Gasteiger partial charge in [-0.25, -0.2) is 0 Å². The number of hydrogen-bond donors (Lipinski definition) is 0. The monoisotopic (exact) mass is 649 g/mol. The summed E-state index contributed by atoms with van der Waals surface area (Å²) in [6.45, 7) is 19.3. The molecule has 5 rings (SSSR count). The Labute approximate surface area is 263 Å². The average Bonchev–Trinajstić information content (AvgIpc) is 3.13. The van der Waals surface area contributed by atoms with E-state index in [-0.39, 0.29) is 51.0 Å². The van der Waals surface area contributed by atoms with Gasteiger partial charge in [-0.15, -0.1) is 28.4 Å². The summed E-state index contributed by atoms with van der Waals surface area (Å²) >= 11 is 0. The first kappa shape index (κ1) is 33.0. The molecule has 1 radical (unpaired) electrons. The third-order valence-electron chi connectivity index (χ3n) is 7.53. The molecule has 0 amide bonds. The number of fused-ring (bicyclic) bond motifs is 3. The summed E-state index contributed by atoms with van der Waals surface area (Å²) < 4.78 is 0. The van der Waals surface area contributed by atoms with Gasteiger partial charge in [0, 0.05) is 8.07 Å². The summed E-state index contributed by atoms with van der Waals surface area (Å²) in [7, 11) is -3.16. The third-order valence-corrected chi connectivity index (χ3v) is 11.6. The molecule has 0 unspecified atom stereocenters. The molecule has 0 N–H and O–H groups in total. The molecular weight excluding hydrogens is 615 g/mol. The maximum absolute atomic E-state index is 3.98. The fraction of sp³-hybridized carbons (Fsp3) is 0.273. The molecule has 195 valence electrons. The number of benzene rings is 4. The predicted molar refractivity (Wildman–Crippen MR) is 160 cm³/mol. The zero-order valence-corrected chi connectivity index (χ0v) is 29.8. The van der Waals surface area contributed by atoms with Crippen molar-refractivity contribution < 1.29 is 51.0 Å². The molecule has 0 atom stereocenters. The normalized spacial score (nSPS) is 12.0. The predicted octanol–water partition coefficient (Wildman–Crippen LogP) is 2.10. The van der Waals surface area contributed by atoms with Crippen molar-refractivity contribution in [1.29, 1.82) is 0 Å². The van der Waals surface area contributed by atoms with E-state index >= 15 is 0 Å². The van der Waals surface area contributed by atoms with Crippen LogP contribution < -0.4 is 35.2 Å². The molecule has 4 aromatic rings. The number of aryl methyl sites for hydroxylation is 2. The van der Waals surface area contributed by atoms with Gasteiger partial charge in [0.15, 0.2) is 0 Å². The van der Waals surface area contributed by atoms with Crippen molar-refractivity contribution in [3.05, 3.63) is 95.1 Å². The first-order valence-electron chi connectivity index (χ1n) is 12.8. The van der Waals surface area contributed by atoms with Crippen LogP contribution in [0.2, 0.25) is 39.3 Å². The Morgan fingerprint density at radius 2 is 1.08 bits per heavy atom. The maximum Gasteiger partial charge on any atom is 3.00 e. The van der Waals surface area contributed by atoms with Crippen molar-refractivity contribution in [2.45, 2.75) is 59.6 Å². The number of rotatable bonds is 4. The van der Waals surface area contributed by atoms with E-state index < -0.39 is 16.1 Å². The van der Waals surface area contributed by atoms with Gasteiger partial charge in [-0.3, -0.25) is 0 Å². The van der Waals surface area contributed by atoms with Gasteiger partial charge < -0.3 is 24.8 Å². The Morgan fingerprint density at radius 1 is 0.579 bits per heavy atom. The van der Waals surface area contributed by atoms with Crippen molar-refractivity contribution in [3.63, 3.8) is 0 Å². The smallest absolute Gasteiger partial charge is 1.00 e. The molecule has 0 aliphatic heterocycles. The molecule has 0 saturated carbocycles. The molecule has 0 aromatic heterocycles. The van der Waals surface area contributed by atoms with E-state index in [0.29, 0.717) is 0 Å². The van der Waals surface area contributed by atoms with Crippen LogP contribution in [0.25, 0.3) is 33.4 Å². The largest absolute Gasteiger partial charge is 3.00 e. The minimum atomic E-state index is -1.59. The Kier molecular flexibility index (Phi) is 10.5. The summed E-state index contributed by atoms with van der Waals surface area (Å²) in [5, 5.41) is 3.09. The first-order chi connectivity index (χ1) is 16.4. The number of halogens is 2. The van der Waals surface area contributed by atoms with E-state index in [2.05, 4.69) is 126 Å². The van der Waals surface area contributed by atoms with Crippen LogP contribution in [0, 0.1) is 19.9 Å². The summed E-state index contributed by atoms with van der Waals surface area (Å²) in [6.07, 6.45) is 0.973. The van der Waals surface area contributed by atoms with Crippen molar-refractivity contribution in [2.75, 3.05) is 0 Å². The fourth-order valence-corrected chi connectivity index (χ4v) is 8.69. The average molecular weight is 652 g/mol. The second-order valence-electron chi connectivity index (χ2n) is 12.3. The summed E-state index contributed by atoms with van der Waals surface area (Å²) in [5.41, 5.74) is 13.9. The van der Waals surface area contributed by atoms with E-state index in [1.807, 2.05) is 0 Å². The molecule has 4 aromatic carbocycles. The summed E-state index contributed by atoms with van der Waals surface area (Å²) in [6, 6.07) is 29.3. The van der Waals surface area contributed by atoms with Crippen molar-refractivity contribution >= 4 is 26.5 Å². The Hall–Kier alpha value is -1.22. The molecule has 0 saturated heterocycles. The Morgan fingerprint density at radius 3 is 1.61 bits per heavy atom. The topological polar surface area (TPSA) is 0 Å². The van der Waals surface area contributed by atoms with Crippen LogP contribution in [0.1, 0.15) is 22.3 Å². The molecular formula is C33H37Cl2Si2Zr. The SMILES string of the molecule is Cc1ccccc1-c1[c-]c2c(cc1[Si](C)(C)C)-c1cc([Si](C)(C)C)c(-c3ccccc3C)cc1C2.[Cl-].[Cl-].[Zr+3]. The van der Waals surface area contributed by atoms with Gasteiger partial charge in [-0.05, 0) is 42.5 Å². The molecule has 1 aliphatic rings. The minimum Gasteiger partial charge on any atom is -1.00 e. The van der Waals surface area contributed by atoms with Crippen LogP contribution in [0.5, 0.6) is 0 Å². The van der Waals surface area contributed by atoms with Crippen LogP contribution in [-0.4, -0.2) is 16.1 Å². The van der Waals surface area contributed by atoms with Crippen molar-refractivity contribution in [1.82, 2.24) is 0 Å². The van der Waals surface area contributed by atoms with Gasteiger partial charge in [0.1, 0.15) is 0 Å². The molecule has 1 aliphatic carbocycles. The third kappa shape index (κ3) is 6.08. The molecule has 0 nitrogen and oxygen atoms in total. The molecule has 0 heterocycles. The van der Waals surface area contributed by atoms with Crippen LogP contribution >= 0.6 is 0 Å². The zero-order chi connectivity index (χ0) is 25.1. The van der Waals surface area contributed by atoms with Gasteiger partial charge in [-0.1, -0.05) is 127 Å². The van der Waals surface area contributed by atoms with E-state index in [1.165, 1.54) is 60.8 Å². The second kappa shape index (κ2) is 12.1. The van der Waals surface area contributed by atoms with Crippen LogP contribution in [0.15, 0.2) is 66.7 Å². The minimum absolute atomic E-state index is 0. The molecule has 0 fully saturated rings. The summed E-state index contributed by atoms with van der Waals surface area (Å²) in [5.74, 6) is 0. The Balaban J connectivity index is 0.00000169. The summed E-state index contributed by atoms with van der Waals surface area (Å²) in [4.78, 5) is 0. The molecule has 5 heteroatoms. The quantitative estimate of drug-likeness (QED) is 0.207. The Bertz CT molecular complexity index is 1350.